The minimum Gasteiger partial charge on any atom is -0.457 e. The lowest BCUT2D eigenvalue weighted by Gasteiger charge is -2.49. The summed E-state index contributed by atoms with van der Waals surface area (Å²) in [6, 6.07) is 29.2. The van der Waals surface area contributed by atoms with Crippen LogP contribution >= 0.6 is 0 Å². The maximum Gasteiger partial charge on any atom is 0.306 e. The van der Waals surface area contributed by atoms with Gasteiger partial charge in [0.15, 0.2) is 18.2 Å². The SMILES string of the molecule is CC1(C)OC[C@H]2O[C@@H](O)[C@H](NC(=O)CCCCCCCCc3cccc4ccccc34)[C@@H](OC(=O)CCCCCCCCc3cccc4ccccc34)[C@@H]2O1. The smallest absolute Gasteiger partial charge is 0.306 e. The number of unbranched alkanes of at least 4 members (excludes halogenated alkanes) is 10. The van der Waals surface area contributed by atoms with E-state index < -0.39 is 36.4 Å². The van der Waals surface area contributed by atoms with E-state index in [4.69, 9.17) is 18.9 Å². The minimum absolute atomic E-state index is 0.186. The second-order valence-corrected chi connectivity index (χ2v) is 15.9. The van der Waals surface area contributed by atoms with Gasteiger partial charge in [-0.2, -0.15) is 0 Å². The van der Waals surface area contributed by atoms with Gasteiger partial charge in [0.05, 0.1) is 6.61 Å². The fourth-order valence-corrected chi connectivity index (χ4v) is 8.22. The highest BCUT2D eigenvalue weighted by molar-refractivity contribution is 5.86. The Balaban J connectivity index is 0.893. The molecule has 2 N–H and O–H groups in total. The van der Waals surface area contributed by atoms with Crippen molar-refractivity contribution in [2.45, 2.75) is 153 Å². The van der Waals surface area contributed by atoms with Crippen LogP contribution in [-0.4, -0.2) is 60.0 Å². The predicted octanol–water partition coefficient (Wildman–Crippen LogP) is 9.50. The van der Waals surface area contributed by atoms with Crippen LogP contribution in [0.1, 0.15) is 115 Å². The molecule has 5 atom stereocenters. The number of ether oxygens (including phenoxy) is 4. The monoisotopic (exact) mass is 751 g/mol. The third-order valence-corrected chi connectivity index (χ3v) is 11.2. The molecule has 2 aliphatic heterocycles. The lowest BCUT2D eigenvalue weighted by Crippen LogP contribution is -2.69. The summed E-state index contributed by atoms with van der Waals surface area (Å²) < 4.78 is 23.8. The highest BCUT2D eigenvalue weighted by Gasteiger charge is 2.53. The number of carbonyl (C=O) groups excluding carboxylic acids is 2. The summed E-state index contributed by atoms with van der Waals surface area (Å²) in [5.74, 6) is -1.48. The molecular formula is C47H61NO7. The molecule has 55 heavy (non-hydrogen) atoms. The Hall–Kier alpha value is -3.82. The number of benzene rings is 4. The molecule has 2 aliphatic rings. The van der Waals surface area contributed by atoms with Crippen LogP contribution in [0.3, 0.4) is 0 Å². The number of rotatable bonds is 20. The summed E-state index contributed by atoms with van der Waals surface area (Å²) in [5.41, 5.74) is 2.81. The van der Waals surface area contributed by atoms with Gasteiger partial charge in [0.1, 0.15) is 18.2 Å². The highest BCUT2D eigenvalue weighted by Crippen LogP contribution is 2.34. The number of amides is 1. The zero-order valence-electron chi connectivity index (χ0n) is 32.9. The third-order valence-electron chi connectivity index (χ3n) is 11.2. The van der Waals surface area contributed by atoms with E-state index in [0.29, 0.717) is 6.42 Å². The van der Waals surface area contributed by atoms with E-state index in [9.17, 15) is 14.7 Å². The van der Waals surface area contributed by atoms with Gasteiger partial charge in [-0.15, -0.1) is 0 Å². The van der Waals surface area contributed by atoms with Gasteiger partial charge >= 0.3 is 5.97 Å². The molecule has 0 radical (unpaired) electrons. The standard InChI is InChI=1S/C47H61NO7/c1-47(2)52-33-40-44(55-47)45(54-42(50)32-14-10-6-4-8-12-22-35-26-20-28-37-24-16-18-30-39(35)37)43(46(51)53-40)48-41(49)31-13-9-5-3-7-11-21-34-25-19-27-36-23-15-17-29-38(34)36/h15-20,23-30,40,43-46,51H,3-14,21-22,31-33H2,1-2H3,(H,48,49)/t40-,43-,44-,45-,46-/m1/s1. The van der Waals surface area contributed by atoms with Gasteiger partial charge < -0.3 is 29.4 Å². The molecule has 0 aliphatic carbocycles. The van der Waals surface area contributed by atoms with Crippen LogP contribution in [0.15, 0.2) is 84.9 Å². The van der Waals surface area contributed by atoms with E-state index in [-0.39, 0.29) is 24.9 Å². The predicted molar refractivity (Wildman–Crippen MR) is 218 cm³/mol. The summed E-state index contributed by atoms with van der Waals surface area (Å²) in [4.78, 5) is 26.3. The molecule has 8 nitrogen and oxygen atoms in total. The molecule has 0 spiro atoms. The molecule has 2 saturated heterocycles. The maximum absolute atomic E-state index is 13.2. The van der Waals surface area contributed by atoms with Gasteiger partial charge in [0, 0.05) is 12.8 Å². The van der Waals surface area contributed by atoms with Crippen molar-refractivity contribution in [2.75, 3.05) is 6.61 Å². The van der Waals surface area contributed by atoms with Crippen LogP contribution in [0, 0.1) is 0 Å². The largest absolute Gasteiger partial charge is 0.457 e. The quantitative estimate of drug-likeness (QED) is 0.0685. The molecule has 4 aromatic carbocycles. The number of esters is 1. The van der Waals surface area contributed by atoms with Gasteiger partial charge in [-0.3, -0.25) is 9.59 Å². The van der Waals surface area contributed by atoms with Gasteiger partial charge in [-0.25, -0.2) is 0 Å². The molecule has 0 unspecified atom stereocenters. The molecule has 2 heterocycles. The second-order valence-electron chi connectivity index (χ2n) is 15.9. The zero-order chi connectivity index (χ0) is 38.5. The first kappa shape index (κ1) is 40.8. The number of nitrogens with one attached hydrogen (secondary N) is 1. The molecular weight excluding hydrogens is 691 g/mol. The van der Waals surface area contributed by atoms with Crippen LogP contribution in [0.4, 0.5) is 0 Å². The Kier molecular flexibility index (Phi) is 15.1. The molecule has 0 saturated carbocycles. The average molecular weight is 752 g/mol. The Morgan fingerprint density at radius 1 is 0.691 bits per heavy atom. The fraction of sp³-hybridized carbons (Fsp3) is 0.532. The van der Waals surface area contributed by atoms with Crippen LogP contribution in [0.25, 0.3) is 21.5 Å². The van der Waals surface area contributed by atoms with Crippen molar-refractivity contribution in [3.05, 3.63) is 96.1 Å². The second kappa shape index (κ2) is 20.4. The number of aliphatic hydroxyl groups is 1. The number of carbonyl (C=O) groups is 2. The topological polar surface area (TPSA) is 103 Å². The van der Waals surface area contributed by atoms with E-state index in [0.717, 1.165) is 89.9 Å². The summed E-state index contributed by atoms with van der Waals surface area (Å²) in [7, 11) is 0. The molecule has 1 amide bonds. The van der Waals surface area contributed by atoms with Crippen molar-refractivity contribution < 1.29 is 33.6 Å². The Labute approximate surface area is 327 Å². The number of aliphatic hydroxyl groups excluding tert-OH is 1. The average Bonchev–Trinajstić information content (AvgIpc) is 3.18. The van der Waals surface area contributed by atoms with Gasteiger partial charge in [0.25, 0.3) is 0 Å². The number of fused-ring (bicyclic) bond motifs is 3. The Bertz CT molecular complexity index is 1810. The van der Waals surface area contributed by atoms with E-state index in [1.807, 2.05) is 0 Å². The number of aryl methyl sites for hydroxylation is 2. The zero-order valence-corrected chi connectivity index (χ0v) is 32.9. The number of hydrogen-bond acceptors (Lipinski definition) is 7. The van der Waals surface area contributed by atoms with Crippen LogP contribution in [-0.2, 0) is 41.4 Å². The Morgan fingerprint density at radius 2 is 1.20 bits per heavy atom. The lowest BCUT2D eigenvalue weighted by atomic mass is 9.94. The van der Waals surface area contributed by atoms with Gasteiger partial charge in [-0.05, 0) is 85.0 Å². The van der Waals surface area contributed by atoms with Crippen molar-refractivity contribution in [2.24, 2.45) is 0 Å². The fourth-order valence-electron chi connectivity index (χ4n) is 8.22. The number of hydrogen-bond donors (Lipinski definition) is 2. The first-order valence-corrected chi connectivity index (χ1v) is 20.8. The first-order valence-electron chi connectivity index (χ1n) is 20.8. The van der Waals surface area contributed by atoms with E-state index >= 15 is 0 Å². The van der Waals surface area contributed by atoms with Crippen molar-refractivity contribution in [3.8, 4) is 0 Å². The van der Waals surface area contributed by atoms with Crippen molar-refractivity contribution in [1.82, 2.24) is 5.32 Å². The molecule has 296 valence electrons. The van der Waals surface area contributed by atoms with E-state index in [1.54, 1.807) is 13.8 Å². The highest BCUT2D eigenvalue weighted by atomic mass is 16.7. The van der Waals surface area contributed by atoms with Gasteiger partial charge in [0.2, 0.25) is 5.91 Å². The summed E-state index contributed by atoms with van der Waals surface area (Å²) in [6.07, 6.45) is 11.5. The first-order chi connectivity index (χ1) is 26.8. The normalized spacial score (nSPS) is 22.0. The van der Waals surface area contributed by atoms with Crippen molar-refractivity contribution >= 4 is 33.4 Å². The molecule has 8 heteroatoms. The van der Waals surface area contributed by atoms with Crippen LogP contribution in [0.2, 0.25) is 0 Å². The summed E-state index contributed by atoms with van der Waals surface area (Å²) >= 11 is 0. The minimum atomic E-state index is -1.35. The van der Waals surface area contributed by atoms with Crippen molar-refractivity contribution in [1.29, 1.82) is 0 Å². The third kappa shape index (κ3) is 11.8. The summed E-state index contributed by atoms with van der Waals surface area (Å²) in [5, 5.41) is 19.2. The molecule has 2 fully saturated rings. The van der Waals surface area contributed by atoms with Crippen LogP contribution in [0.5, 0.6) is 0 Å². The van der Waals surface area contributed by atoms with Crippen molar-refractivity contribution in [3.63, 3.8) is 0 Å². The molecule has 6 rings (SSSR count). The maximum atomic E-state index is 13.2. The van der Waals surface area contributed by atoms with Gasteiger partial charge in [-0.1, -0.05) is 136 Å². The van der Waals surface area contributed by atoms with Crippen LogP contribution < -0.4 is 5.32 Å². The molecule has 0 aromatic heterocycles. The molecule has 0 bridgehead atoms. The lowest BCUT2D eigenvalue weighted by molar-refractivity contribution is -0.365. The van der Waals surface area contributed by atoms with E-state index in [2.05, 4.69) is 90.2 Å². The summed E-state index contributed by atoms with van der Waals surface area (Å²) in [6.45, 7) is 3.78. The molecule has 4 aromatic rings. The Morgan fingerprint density at radius 3 is 1.80 bits per heavy atom. The van der Waals surface area contributed by atoms with E-state index in [1.165, 1.54) is 32.7 Å².